The summed E-state index contributed by atoms with van der Waals surface area (Å²) < 4.78 is 1.53. The SMILES string of the molecule is CCNC(=O)c1nnc(-c2cc(C(C)C)c(O)cc2O)n1-c1ccc(C(=O)N2CCC(CO)CC2)cc1. The van der Waals surface area contributed by atoms with E-state index in [4.69, 9.17) is 0 Å². The molecule has 0 radical (unpaired) electrons. The van der Waals surface area contributed by atoms with Crippen molar-refractivity contribution < 1.29 is 24.9 Å². The number of nitrogens with one attached hydrogen (secondary N) is 1. The molecule has 0 bridgehead atoms. The Labute approximate surface area is 215 Å². The number of piperidine rings is 1. The number of rotatable bonds is 7. The number of aliphatic hydroxyl groups is 1. The van der Waals surface area contributed by atoms with E-state index in [1.165, 1.54) is 10.6 Å². The molecule has 1 fully saturated rings. The molecule has 0 spiro atoms. The molecule has 1 aliphatic rings. The number of carbonyl (C=O) groups is 2. The number of amides is 2. The van der Waals surface area contributed by atoms with E-state index in [-0.39, 0.29) is 47.5 Å². The molecular formula is C27H33N5O5. The lowest BCUT2D eigenvalue weighted by molar-refractivity contribution is 0.0650. The van der Waals surface area contributed by atoms with Gasteiger partial charge in [0.25, 0.3) is 11.8 Å². The van der Waals surface area contributed by atoms with Gasteiger partial charge >= 0.3 is 0 Å². The van der Waals surface area contributed by atoms with Crippen molar-refractivity contribution in [1.82, 2.24) is 25.0 Å². The molecule has 0 aliphatic carbocycles. The molecule has 1 aromatic heterocycles. The lowest BCUT2D eigenvalue weighted by atomic mass is 9.97. The Hall–Kier alpha value is -3.92. The van der Waals surface area contributed by atoms with Crippen LogP contribution in [-0.2, 0) is 0 Å². The van der Waals surface area contributed by atoms with Gasteiger partial charge in [-0.05, 0) is 67.5 Å². The molecule has 2 heterocycles. The molecule has 4 N–H and O–H groups in total. The van der Waals surface area contributed by atoms with Crippen LogP contribution in [0.25, 0.3) is 17.1 Å². The van der Waals surface area contributed by atoms with Gasteiger partial charge in [-0.1, -0.05) is 13.8 Å². The maximum atomic E-state index is 13.0. The van der Waals surface area contributed by atoms with Crippen molar-refractivity contribution in [2.75, 3.05) is 26.2 Å². The molecule has 0 saturated carbocycles. The Balaban J connectivity index is 1.73. The van der Waals surface area contributed by atoms with E-state index in [2.05, 4.69) is 15.5 Å². The predicted molar refractivity (Wildman–Crippen MR) is 138 cm³/mol. The fourth-order valence-corrected chi connectivity index (χ4v) is 4.58. The molecule has 2 amide bonds. The number of aromatic nitrogens is 3. The van der Waals surface area contributed by atoms with Crippen molar-refractivity contribution in [2.45, 2.75) is 39.5 Å². The number of hydrogen-bond acceptors (Lipinski definition) is 7. The number of phenols is 2. The number of benzene rings is 2. The van der Waals surface area contributed by atoms with Crippen LogP contribution in [0.4, 0.5) is 0 Å². The summed E-state index contributed by atoms with van der Waals surface area (Å²) in [5, 5.41) is 41.4. The lowest BCUT2D eigenvalue weighted by Gasteiger charge is -2.31. The van der Waals surface area contributed by atoms with E-state index in [0.717, 1.165) is 12.8 Å². The molecule has 4 rings (SSSR count). The summed E-state index contributed by atoms with van der Waals surface area (Å²) in [4.78, 5) is 27.6. The Morgan fingerprint density at radius 3 is 2.32 bits per heavy atom. The molecule has 2 aromatic carbocycles. The van der Waals surface area contributed by atoms with Gasteiger partial charge in [-0.15, -0.1) is 10.2 Å². The van der Waals surface area contributed by atoms with Crippen molar-refractivity contribution in [3.8, 4) is 28.6 Å². The molecule has 1 saturated heterocycles. The van der Waals surface area contributed by atoms with Crippen molar-refractivity contribution >= 4 is 11.8 Å². The first-order chi connectivity index (χ1) is 17.7. The van der Waals surface area contributed by atoms with Crippen LogP contribution < -0.4 is 5.32 Å². The minimum Gasteiger partial charge on any atom is -0.508 e. The van der Waals surface area contributed by atoms with Gasteiger partial charge in [0, 0.05) is 43.6 Å². The molecule has 1 aliphatic heterocycles. The molecule has 0 unspecified atom stereocenters. The number of hydrogen-bond donors (Lipinski definition) is 4. The highest BCUT2D eigenvalue weighted by Gasteiger charge is 2.26. The van der Waals surface area contributed by atoms with Gasteiger partial charge in [0.05, 0.1) is 5.56 Å². The van der Waals surface area contributed by atoms with E-state index in [1.54, 1.807) is 42.2 Å². The number of likely N-dealkylation sites (tertiary alicyclic amines) is 1. The van der Waals surface area contributed by atoms with Crippen molar-refractivity contribution in [1.29, 1.82) is 0 Å². The van der Waals surface area contributed by atoms with Crippen LogP contribution in [0.15, 0.2) is 36.4 Å². The number of aromatic hydroxyl groups is 2. The number of aliphatic hydroxyl groups excluding tert-OH is 1. The van der Waals surface area contributed by atoms with E-state index in [0.29, 0.717) is 42.0 Å². The zero-order valence-electron chi connectivity index (χ0n) is 21.3. The van der Waals surface area contributed by atoms with Gasteiger partial charge in [-0.3, -0.25) is 14.2 Å². The predicted octanol–water partition coefficient (Wildman–Crippen LogP) is 3.06. The second kappa shape index (κ2) is 11.0. The monoisotopic (exact) mass is 507 g/mol. The maximum Gasteiger partial charge on any atom is 0.289 e. The summed E-state index contributed by atoms with van der Waals surface area (Å²) in [6.07, 6.45) is 1.55. The highest BCUT2D eigenvalue weighted by atomic mass is 16.3. The van der Waals surface area contributed by atoms with E-state index >= 15 is 0 Å². The van der Waals surface area contributed by atoms with Gasteiger partial charge < -0.3 is 25.5 Å². The van der Waals surface area contributed by atoms with Gasteiger partial charge in [0.2, 0.25) is 5.82 Å². The molecule has 10 heteroatoms. The normalized spacial score (nSPS) is 14.2. The Morgan fingerprint density at radius 2 is 1.73 bits per heavy atom. The van der Waals surface area contributed by atoms with E-state index < -0.39 is 5.91 Å². The summed E-state index contributed by atoms with van der Waals surface area (Å²) in [6.45, 7) is 7.36. The third kappa shape index (κ3) is 5.29. The molecule has 0 atom stereocenters. The van der Waals surface area contributed by atoms with Crippen molar-refractivity contribution in [3.63, 3.8) is 0 Å². The zero-order valence-corrected chi connectivity index (χ0v) is 21.3. The van der Waals surface area contributed by atoms with E-state index in [9.17, 15) is 24.9 Å². The third-order valence-corrected chi connectivity index (χ3v) is 6.74. The minimum atomic E-state index is -0.435. The van der Waals surface area contributed by atoms with Gasteiger partial charge in [0.1, 0.15) is 11.5 Å². The van der Waals surface area contributed by atoms with Crippen LogP contribution >= 0.6 is 0 Å². The third-order valence-electron chi connectivity index (χ3n) is 6.74. The van der Waals surface area contributed by atoms with Gasteiger partial charge in [0.15, 0.2) is 5.82 Å². The highest BCUT2D eigenvalue weighted by Crippen LogP contribution is 2.38. The Kier molecular flexibility index (Phi) is 7.77. The lowest BCUT2D eigenvalue weighted by Crippen LogP contribution is -2.39. The zero-order chi connectivity index (χ0) is 26.7. The fraction of sp³-hybridized carbons (Fsp3) is 0.407. The van der Waals surface area contributed by atoms with E-state index in [1.807, 2.05) is 13.8 Å². The first-order valence-electron chi connectivity index (χ1n) is 12.6. The van der Waals surface area contributed by atoms with Crippen LogP contribution in [0.3, 0.4) is 0 Å². The summed E-state index contributed by atoms with van der Waals surface area (Å²) in [5.41, 5.74) is 1.98. The second-order valence-corrected chi connectivity index (χ2v) is 9.59. The second-order valence-electron chi connectivity index (χ2n) is 9.59. The number of phenolic OH excluding ortho intramolecular Hbond substituents is 2. The summed E-state index contributed by atoms with van der Waals surface area (Å²) in [7, 11) is 0. The smallest absolute Gasteiger partial charge is 0.289 e. The first kappa shape index (κ1) is 26.2. The van der Waals surface area contributed by atoms with Crippen LogP contribution in [0.1, 0.15) is 66.1 Å². The number of nitrogens with zero attached hydrogens (tertiary/aromatic N) is 4. The Bertz CT molecular complexity index is 1280. The largest absolute Gasteiger partial charge is 0.508 e. The molecular weight excluding hydrogens is 474 g/mol. The summed E-state index contributed by atoms with van der Waals surface area (Å²) in [6, 6.07) is 9.71. The molecule has 37 heavy (non-hydrogen) atoms. The average molecular weight is 508 g/mol. The quantitative estimate of drug-likeness (QED) is 0.385. The highest BCUT2D eigenvalue weighted by molar-refractivity contribution is 5.95. The van der Waals surface area contributed by atoms with Crippen molar-refractivity contribution in [3.05, 3.63) is 53.3 Å². The van der Waals surface area contributed by atoms with Gasteiger partial charge in [-0.2, -0.15) is 0 Å². The maximum absolute atomic E-state index is 13.0. The molecule has 10 nitrogen and oxygen atoms in total. The minimum absolute atomic E-state index is 0.0219. The Morgan fingerprint density at radius 1 is 1.05 bits per heavy atom. The average Bonchev–Trinajstić information content (AvgIpc) is 3.33. The fourth-order valence-electron chi connectivity index (χ4n) is 4.58. The van der Waals surface area contributed by atoms with Gasteiger partial charge in [-0.25, -0.2) is 0 Å². The molecule has 196 valence electrons. The standard InChI is InChI=1S/C27H33N5O5/c1-4-28-26(36)25-30-29-24(21-13-20(16(2)3)22(34)14-23(21)35)32(25)19-7-5-18(6-8-19)27(37)31-11-9-17(15-33)10-12-31/h5-8,13-14,16-17,33-35H,4,9-12,15H2,1-3H3,(H,28,36). The topological polar surface area (TPSA) is 141 Å². The van der Waals surface area contributed by atoms with Crippen molar-refractivity contribution in [2.24, 2.45) is 5.92 Å². The van der Waals surface area contributed by atoms with Crippen LogP contribution in [0.2, 0.25) is 0 Å². The number of carbonyl (C=O) groups excluding carboxylic acids is 2. The first-order valence-corrected chi connectivity index (χ1v) is 12.6. The van der Waals surface area contributed by atoms with Crippen LogP contribution in [-0.4, -0.2) is 73.0 Å². The summed E-state index contributed by atoms with van der Waals surface area (Å²) in [5.74, 6) is -0.283. The van der Waals surface area contributed by atoms with Crippen LogP contribution in [0, 0.1) is 5.92 Å². The van der Waals surface area contributed by atoms with Crippen LogP contribution in [0.5, 0.6) is 11.5 Å². The summed E-state index contributed by atoms with van der Waals surface area (Å²) >= 11 is 0. The molecule has 3 aromatic rings.